The summed E-state index contributed by atoms with van der Waals surface area (Å²) in [6.45, 7) is 3.79. The first-order valence-electron chi connectivity index (χ1n) is 21.4. The van der Waals surface area contributed by atoms with Gasteiger partial charge in [-0.1, -0.05) is 161 Å². The molecule has 1 fully saturated rings. The fraction of sp³-hybridized carbons (Fsp3) is 0.929. The number of amides is 1. The van der Waals surface area contributed by atoms with Crippen molar-refractivity contribution in [3.8, 4) is 0 Å². The monoisotopic (exact) mass is 728 g/mol. The molecule has 0 aromatic carbocycles. The number of rotatable bonds is 35. The number of aliphatic hydroxyl groups excluding tert-OH is 5. The predicted octanol–water partition coefficient (Wildman–Crippen LogP) is 8.17. The molecule has 1 aliphatic rings. The highest BCUT2D eigenvalue weighted by Gasteiger charge is 2.44. The largest absolute Gasteiger partial charge is 0.394 e. The van der Waals surface area contributed by atoms with Crippen molar-refractivity contribution in [3.63, 3.8) is 0 Å². The summed E-state index contributed by atoms with van der Waals surface area (Å²) < 4.78 is 11.2. The quantitative estimate of drug-likeness (QED) is 0.0283. The number of hydrogen-bond donors (Lipinski definition) is 6. The zero-order chi connectivity index (χ0) is 37.4. The highest BCUT2D eigenvalue weighted by atomic mass is 16.7. The van der Waals surface area contributed by atoms with Gasteiger partial charge in [0.1, 0.15) is 24.4 Å². The van der Waals surface area contributed by atoms with E-state index < -0.39 is 49.5 Å². The van der Waals surface area contributed by atoms with Crippen molar-refractivity contribution in [3.05, 3.63) is 12.2 Å². The fourth-order valence-electron chi connectivity index (χ4n) is 6.86. The lowest BCUT2D eigenvalue weighted by atomic mass is 9.99. The van der Waals surface area contributed by atoms with Crippen LogP contribution in [0.15, 0.2) is 12.2 Å². The lowest BCUT2D eigenvalue weighted by Crippen LogP contribution is -2.60. The lowest BCUT2D eigenvalue weighted by molar-refractivity contribution is -0.302. The second-order valence-corrected chi connectivity index (χ2v) is 15.1. The van der Waals surface area contributed by atoms with E-state index in [9.17, 15) is 30.3 Å². The van der Waals surface area contributed by atoms with Crippen LogP contribution in [0.4, 0.5) is 0 Å². The molecule has 0 saturated carbocycles. The maximum Gasteiger partial charge on any atom is 0.220 e. The SMILES string of the molecule is CCCCCCC/C=C/CCCC[C@@H](O)[C@H](CO[C@H]1O[C@@H](CO)[C@H](O)C(O)C1O)NC(=O)CCCCCCCCCCCCCCCCCCC. The third-order valence-electron chi connectivity index (χ3n) is 10.4. The Balaban J connectivity index is 2.35. The summed E-state index contributed by atoms with van der Waals surface area (Å²) in [5, 5.41) is 54.1. The van der Waals surface area contributed by atoms with E-state index in [1.165, 1.54) is 122 Å². The zero-order valence-electron chi connectivity index (χ0n) is 32.9. The highest BCUT2D eigenvalue weighted by molar-refractivity contribution is 5.76. The standard InChI is InChI=1S/C42H81NO8/c1-3-5-7-9-11-13-15-16-17-18-19-20-22-24-26-28-30-32-38(46)43-35(34-50-42-41(49)40(48)39(47)37(33-44)51-42)36(45)31-29-27-25-23-21-14-12-10-8-6-4-2/h21,23,35-37,39-42,44-45,47-49H,3-20,22,24-34H2,1-2H3,(H,43,46)/b23-21+/t35-,36+,37-,39-,40?,41?,42-/m0/s1. The lowest BCUT2D eigenvalue weighted by Gasteiger charge is -2.40. The normalized spacial score (nSPS) is 22.1. The van der Waals surface area contributed by atoms with Crippen molar-refractivity contribution in [2.24, 2.45) is 0 Å². The summed E-state index contributed by atoms with van der Waals surface area (Å²) in [6.07, 6.45) is 29.4. The Morgan fingerprint density at radius 2 is 1.10 bits per heavy atom. The van der Waals surface area contributed by atoms with Crippen molar-refractivity contribution >= 4 is 5.91 Å². The van der Waals surface area contributed by atoms with Gasteiger partial charge in [0.2, 0.25) is 5.91 Å². The van der Waals surface area contributed by atoms with Crippen LogP contribution in [-0.4, -0.2) is 87.5 Å². The van der Waals surface area contributed by atoms with Crippen molar-refractivity contribution < 1.29 is 39.8 Å². The van der Waals surface area contributed by atoms with E-state index in [1.54, 1.807) is 0 Å². The Morgan fingerprint density at radius 3 is 1.59 bits per heavy atom. The minimum absolute atomic E-state index is 0.146. The second kappa shape index (κ2) is 33.5. The number of aliphatic hydroxyl groups is 5. The first kappa shape index (κ1) is 48.0. The summed E-state index contributed by atoms with van der Waals surface area (Å²) in [5.41, 5.74) is 0. The topological polar surface area (TPSA) is 149 Å². The average molecular weight is 728 g/mol. The number of nitrogens with one attached hydrogen (secondary N) is 1. The Hall–Kier alpha value is -1.07. The summed E-state index contributed by atoms with van der Waals surface area (Å²) in [6, 6.07) is -0.727. The predicted molar refractivity (Wildman–Crippen MR) is 207 cm³/mol. The van der Waals surface area contributed by atoms with Crippen LogP contribution in [0.25, 0.3) is 0 Å². The molecule has 302 valence electrons. The van der Waals surface area contributed by atoms with Gasteiger partial charge in [0, 0.05) is 6.42 Å². The van der Waals surface area contributed by atoms with Gasteiger partial charge in [-0.15, -0.1) is 0 Å². The number of carbonyl (C=O) groups excluding carboxylic acids is 1. The van der Waals surface area contributed by atoms with E-state index in [0.29, 0.717) is 12.8 Å². The van der Waals surface area contributed by atoms with Gasteiger partial charge in [0.05, 0.1) is 25.4 Å². The Kier molecular flexibility index (Phi) is 31.5. The molecule has 1 rings (SSSR count). The van der Waals surface area contributed by atoms with Gasteiger partial charge in [-0.2, -0.15) is 0 Å². The molecule has 1 saturated heterocycles. The van der Waals surface area contributed by atoms with Gasteiger partial charge in [0.25, 0.3) is 0 Å². The minimum atomic E-state index is -1.55. The van der Waals surface area contributed by atoms with Gasteiger partial charge in [-0.25, -0.2) is 0 Å². The zero-order valence-corrected chi connectivity index (χ0v) is 32.9. The molecule has 1 amide bonds. The maximum absolute atomic E-state index is 12.9. The van der Waals surface area contributed by atoms with E-state index in [1.807, 2.05) is 0 Å². The molecule has 2 unspecified atom stereocenters. The minimum Gasteiger partial charge on any atom is -0.394 e. The third kappa shape index (κ3) is 24.8. The molecule has 51 heavy (non-hydrogen) atoms. The number of ether oxygens (including phenoxy) is 2. The molecule has 0 aromatic rings. The van der Waals surface area contributed by atoms with E-state index in [-0.39, 0.29) is 12.5 Å². The van der Waals surface area contributed by atoms with Crippen LogP contribution < -0.4 is 5.32 Å². The molecule has 6 N–H and O–H groups in total. The molecule has 7 atom stereocenters. The molecular weight excluding hydrogens is 646 g/mol. The van der Waals surface area contributed by atoms with E-state index in [2.05, 4.69) is 31.3 Å². The second-order valence-electron chi connectivity index (χ2n) is 15.1. The summed E-state index contributed by atoms with van der Waals surface area (Å²) in [4.78, 5) is 12.9. The van der Waals surface area contributed by atoms with E-state index >= 15 is 0 Å². The molecule has 9 heteroatoms. The number of carbonyl (C=O) groups is 1. The van der Waals surface area contributed by atoms with Crippen LogP contribution in [0.5, 0.6) is 0 Å². The van der Waals surface area contributed by atoms with E-state index in [0.717, 1.165) is 44.9 Å². The average Bonchev–Trinajstić information content (AvgIpc) is 3.13. The summed E-state index contributed by atoms with van der Waals surface area (Å²) in [7, 11) is 0. The third-order valence-corrected chi connectivity index (χ3v) is 10.4. The van der Waals surface area contributed by atoms with Crippen molar-refractivity contribution in [2.45, 2.75) is 236 Å². The molecule has 0 bridgehead atoms. The van der Waals surface area contributed by atoms with Gasteiger partial charge in [-0.3, -0.25) is 4.79 Å². The summed E-state index contributed by atoms with van der Waals surface area (Å²) in [5.74, 6) is -0.153. The Morgan fingerprint density at radius 1 is 0.647 bits per heavy atom. The Labute approximate surface area is 312 Å². The molecule has 0 radical (unpaired) electrons. The number of unbranched alkanes of at least 4 members (excludes halogenated alkanes) is 23. The van der Waals surface area contributed by atoms with Gasteiger partial charge in [-0.05, 0) is 38.5 Å². The van der Waals surface area contributed by atoms with Gasteiger partial charge >= 0.3 is 0 Å². The first-order chi connectivity index (χ1) is 24.8. The van der Waals surface area contributed by atoms with Crippen LogP contribution in [-0.2, 0) is 14.3 Å². The fourth-order valence-corrected chi connectivity index (χ4v) is 6.86. The van der Waals surface area contributed by atoms with Crippen molar-refractivity contribution in [1.29, 1.82) is 0 Å². The Bertz CT molecular complexity index is 812. The van der Waals surface area contributed by atoms with Crippen molar-refractivity contribution in [2.75, 3.05) is 13.2 Å². The van der Waals surface area contributed by atoms with Crippen LogP contribution in [0.3, 0.4) is 0 Å². The molecule has 1 heterocycles. The number of allylic oxidation sites excluding steroid dienone is 2. The van der Waals surface area contributed by atoms with Gasteiger partial charge in [0.15, 0.2) is 6.29 Å². The van der Waals surface area contributed by atoms with E-state index in [4.69, 9.17) is 9.47 Å². The molecule has 0 aliphatic carbocycles. The van der Waals surface area contributed by atoms with Crippen LogP contribution in [0.2, 0.25) is 0 Å². The number of hydrogen-bond acceptors (Lipinski definition) is 8. The highest BCUT2D eigenvalue weighted by Crippen LogP contribution is 2.23. The van der Waals surface area contributed by atoms with Crippen molar-refractivity contribution in [1.82, 2.24) is 5.32 Å². The molecule has 0 aromatic heterocycles. The van der Waals surface area contributed by atoms with Gasteiger partial charge < -0.3 is 40.3 Å². The smallest absolute Gasteiger partial charge is 0.220 e. The molecule has 0 spiro atoms. The molecule has 9 nitrogen and oxygen atoms in total. The van der Waals surface area contributed by atoms with Crippen LogP contribution >= 0.6 is 0 Å². The van der Waals surface area contributed by atoms with Crippen LogP contribution in [0.1, 0.15) is 194 Å². The van der Waals surface area contributed by atoms with Crippen LogP contribution in [0, 0.1) is 0 Å². The molecule has 1 aliphatic heterocycles. The maximum atomic E-state index is 12.9. The first-order valence-corrected chi connectivity index (χ1v) is 21.4. The molecular formula is C42H81NO8. The summed E-state index contributed by atoms with van der Waals surface area (Å²) >= 11 is 0.